The third kappa shape index (κ3) is 3.56. The number of nitrogens with one attached hydrogen (secondary N) is 1. The molecule has 0 radical (unpaired) electrons. The van der Waals surface area contributed by atoms with Gasteiger partial charge in [-0.1, -0.05) is 0 Å². The highest BCUT2D eigenvalue weighted by atomic mass is 32.2. The topological polar surface area (TPSA) is 49.3 Å². The second-order valence-electron chi connectivity index (χ2n) is 3.47. The van der Waals surface area contributed by atoms with Crippen LogP contribution in [0, 0.1) is 0 Å². The zero-order valence-corrected chi connectivity index (χ0v) is 8.77. The van der Waals surface area contributed by atoms with Crippen molar-refractivity contribution in [3.8, 4) is 0 Å². The molecule has 13 heavy (non-hydrogen) atoms. The van der Waals surface area contributed by atoms with E-state index in [2.05, 4.69) is 11.6 Å². The number of hydrogen-bond acceptors (Lipinski definition) is 3. The molecule has 0 aromatic carbocycles. The van der Waals surface area contributed by atoms with Crippen molar-refractivity contribution >= 4 is 17.7 Å². The van der Waals surface area contributed by atoms with Gasteiger partial charge in [-0.3, -0.25) is 4.79 Å². The van der Waals surface area contributed by atoms with Crippen molar-refractivity contribution < 1.29 is 9.90 Å². The van der Waals surface area contributed by atoms with Crippen molar-refractivity contribution in [2.45, 2.75) is 37.8 Å². The van der Waals surface area contributed by atoms with Gasteiger partial charge < -0.3 is 10.4 Å². The molecule has 2 N–H and O–H groups in total. The molecule has 0 aromatic heterocycles. The lowest BCUT2D eigenvalue weighted by molar-refractivity contribution is -0.140. The first kappa shape index (κ1) is 10.9. The molecule has 2 atom stereocenters. The molecule has 0 aromatic rings. The van der Waals surface area contributed by atoms with Crippen LogP contribution < -0.4 is 5.32 Å². The van der Waals surface area contributed by atoms with Gasteiger partial charge in [0.1, 0.15) is 6.04 Å². The van der Waals surface area contributed by atoms with E-state index in [0.717, 1.165) is 31.4 Å². The molecule has 3 nitrogen and oxygen atoms in total. The molecule has 4 heteroatoms. The van der Waals surface area contributed by atoms with Crippen LogP contribution in [0.3, 0.4) is 0 Å². The predicted octanol–water partition coefficient (Wildman–Crippen LogP) is 1.33. The number of aliphatic carboxylic acids is 1. The fourth-order valence-corrected chi connectivity index (χ4v) is 2.22. The van der Waals surface area contributed by atoms with E-state index in [1.165, 1.54) is 0 Å². The van der Waals surface area contributed by atoms with Crippen LogP contribution in [-0.2, 0) is 4.79 Å². The van der Waals surface area contributed by atoms with Crippen LogP contribution in [0.1, 0.15) is 25.7 Å². The Labute approximate surface area is 83.3 Å². The minimum Gasteiger partial charge on any atom is -0.480 e. The van der Waals surface area contributed by atoms with Gasteiger partial charge in [-0.2, -0.15) is 11.8 Å². The molecule has 76 valence electrons. The third-order valence-corrected chi connectivity index (χ3v) is 3.09. The molecule has 1 saturated heterocycles. The lowest BCUT2D eigenvalue weighted by atomic mass is 9.97. The predicted molar refractivity (Wildman–Crippen MR) is 55.2 cm³/mol. The first-order valence-corrected chi connectivity index (χ1v) is 6.11. The fraction of sp³-hybridized carbons (Fsp3) is 0.889. The number of piperidine rings is 1. The Morgan fingerprint density at radius 2 is 2.38 bits per heavy atom. The van der Waals surface area contributed by atoms with Gasteiger partial charge in [-0.25, -0.2) is 0 Å². The van der Waals surface area contributed by atoms with Crippen molar-refractivity contribution in [3.63, 3.8) is 0 Å². The van der Waals surface area contributed by atoms with Gasteiger partial charge in [-0.15, -0.1) is 0 Å². The van der Waals surface area contributed by atoms with Crippen molar-refractivity contribution in [2.75, 3.05) is 12.0 Å². The minimum absolute atomic E-state index is 0.305. The van der Waals surface area contributed by atoms with E-state index in [1.54, 1.807) is 0 Å². The van der Waals surface area contributed by atoms with Crippen LogP contribution in [0.5, 0.6) is 0 Å². The summed E-state index contributed by atoms with van der Waals surface area (Å²) in [5.74, 6) is 0.415. The van der Waals surface area contributed by atoms with E-state index in [0.29, 0.717) is 6.04 Å². The van der Waals surface area contributed by atoms with Gasteiger partial charge in [0.05, 0.1) is 0 Å². The molecule has 1 rings (SSSR count). The molecule has 0 bridgehead atoms. The molecule has 1 aliphatic rings. The molecule has 0 spiro atoms. The summed E-state index contributed by atoms with van der Waals surface area (Å²) < 4.78 is 0. The maximum Gasteiger partial charge on any atom is 0.320 e. The summed E-state index contributed by atoms with van der Waals surface area (Å²) in [6, 6.07) is 0.114. The summed E-state index contributed by atoms with van der Waals surface area (Å²) in [4.78, 5) is 10.7. The van der Waals surface area contributed by atoms with Gasteiger partial charge >= 0.3 is 5.97 Å². The molecule has 1 aliphatic heterocycles. The molecule has 0 amide bonds. The lowest BCUT2D eigenvalue weighted by Gasteiger charge is -2.28. The Balaban J connectivity index is 2.29. The summed E-state index contributed by atoms with van der Waals surface area (Å²) in [6.45, 7) is 0. The summed E-state index contributed by atoms with van der Waals surface area (Å²) in [5, 5.41) is 12.0. The van der Waals surface area contributed by atoms with Crippen LogP contribution in [0.25, 0.3) is 0 Å². The smallest absolute Gasteiger partial charge is 0.320 e. The second-order valence-corrected chi connectivity index (χ2v) is 4.45. The summed E-state index contributed by atoms with van der Waals surface area (Å²) in [7, 11) is 0. The largest absolute Gasteiger partial charge is 0.480 e. The van der Waals surface area contributed by atoms with E-state index in [4.69, 9.17) is 5.11 Å². The average Bonchev–Trinajstić information content (AvgIpc) is 2.15. The van der Waals surface area contributed by atoms with Crippen molar-refractivity contribution in [1.29, 1.82) is 0 Å². The molecule has 0 aliphatic carbocycles. The van der Waals surface area contributed by atoms with Gasteiger partial charge in [-0.05, 0) is 37.7 Å². The Hall–Kier alpha value is -0.220. The summed E-state index contributed by atoms with van der Waals surface area (Å²) in [5.41, 5.74) is 0. The maximum absolute atomic E-state index is 10.7. The molecule has 1 fully saturated rings. The Morgan fingerprint density at radius 1 is 1.62 bits per heavy atom. The second kappa shape index (κ2) is 5.50. The Kier molecular flexibility index (Phi) is 4.59. The van der Waals surface area contributed by atoms with Crippen molar-refractivity contribution in [2.24, 2.45) is 0 Å². The third-order valence-electron chi connectivity index (χ3n) is 2.45. The first-order chi connectivity index (χ1) is 6.24. The Bertz CT molecular complexity index is 175. The zero-order valence-electron chi connectivity index (χ0n) is 7.95. The van der Waals surface area contributed by atoms with E-state index in [9.17, 15) is 4.79 Å². The van der Waals surface area contributed by atoms with E-state index >= 15 is 0 Å². The van der Waals surface area contributed by atoms with Crippen molar-refractivity contribution in [3.05, 3.63) is 0 Å². The molecule has 1 heterocycles. The normalized spacial score (nSPS) is 28.7. The first-order valence-electron chi connectivity index (χ1n) is 4.72. The number of hydrogen-bond donors (Lipinski definition) is 2. The quantitative estimate of drug-likeness (QED) is 0.724. The summed E-state index contributed by atoms with van der Waals surface area (Å²) >= 11 is 1.82. The van der Waals surface area contributed by atoms with Crippen LogP contribution in [0.2, 0.25) is 0 Å². The highest BCUT2D eigenvalue weighted by molar-refractivity contribution is 7.98. The lowest BCUT2D eigenvalue weighted by Crippen LogP contribution is -2.46. The minimum atomic E-state index is -0.700. The molecular formula is C9H17NO2S. The number of rotatable bonds is 4. The average molecular weight is 203 g/mol. The monoisotopic (exact) mass is 203 g/mol. The maximum atomic E-state index is 10.7. The SMILES string of the molecule is CSCCC1CCCC(C(=O)O)N1. The zero-order chi connectivity index (χ0) is 9.68. The Morgan fingerprint density at radius 3 is 3.00 bits per heavy atom. The van der Waals surface area contributed by atoms with E-state index < -0.39 is 5.97 Å². The molecular weight excluding hydrogens is 186 g/mol. The van der Waals surface area contributed by atoms with Crippen LogP contribution >= 0.6 is 11.8 Å². The number of carboxylic acid groups (broad SMARTS) is 1. The van der Waals surface area contributed by atoms with Crippen LogP contribution in [0.15, 0.2) is 0 Å². The van der Waals surface area contributed by atoms with Gasteiger partial charge in [0, 0.05) is 6.04 Å². The van der Waals surface area contributed by atoms with Gasteiger partial charge in [0.15, 0.2) is 0 Å². The molecule has 0 saturated carbocycles. The van der Waals surface area contributed by atoms with Crippen LogP contribution in [-0.4, -0.2) is 35.2 Å². The highest BCUT2D eigenvalue weighted by Crippen LogP contribution is 2.16. The van der Waals surface area contributed by atoms with E-state index in [1.807, 2.05) is 11.8 Å². The van der Waals surface area contributed by atoms with Crippen molar-refractivity contribution in [1.82, 2.24) is 5.32 Å². The number of thioether (sulfide) groups is 1. The standard InChI is InChI=1S/C9H17NO2S/c1-13-6-5-7-3-2-4-8(10-7)9(11)12/h7-8,10H,2-6H2,1H3,(H,11,12). The van der Waals surface area contributed by atoms with Crippen LogP contribution in [0.4, 0.5) is 0 Å². The van der Waals surface area contributed by atoms with E-state index in [-0.39, 0.29) is 6.04 Å². The van der Waals surface area contributed by atoms with Gasteiger partial charge in [0.2, 0.25) is 0 Å². The van der Waals surface area contributed by atoms with Gasteiger partial charge in [0.25, 0.3) is 0 Å². The highest BCUT2D eigenvalue weighted by Gasteiger charge is 2.25. The number of carbonyl (C=O) groups is 1. The summed E-state index contributed by atoms with van der Waals surface area (Å²) in [6.07, 6.45) is 6.13. The molecule has 2 unspecified atom stereocenters. The fourth-order valence-electron chi connectivity index (χ4n) is 1.70. The number of carboxylic acids is 1.